The largest absolute Gasteiger partial charge is 0.426 e. The summed E-state index contributed by atoms with van der Waals surface area (Å²) in [4.78, 5) is 27.1. The van der Waals surface area contributed by atoms with Gasteiger partial charge in [-0.1, -0.05) is 13.0 Å². The second-order valence-corrected chi connectivity index (χ2v) is 9.87. The number of esters is 1. The summed E-state index contributed by atoms with van der Waals surface area (Å²) in [5, 5.41) is 0. The maximum atomic E-state index is 12.5. The summed E-state index contributed by atoms with van der Waals surface area (Å²) in [6.07, 6.45) is 6.57. The van der Waals surface area contributed by atoms with Gasteiger partial charge in [0.05, 0.1) is 19.6 Å². The maximum absolute atomic E-state index is 12.5. The van der Waals surface area contributed by atoms with Gasteiger partial charge in [0.2, 0.25) is 0 Å². The number of ketones is 1. The lowest BCUT2D eigenvalue weighted by molar-refractivity contribution is -0.135. The lowest BCUT2D eigenvalue weighted by Crippen LogP contribution is -2.42. The first-order valence-corrected chi connectivity index (χ1v) is 11.7. The molecule has 162 valence electrons. The van der Waals surface area contributed by atoms with Gasteiger partial charge in [0.1, 0.15) is 11.5 Å². The minimum Gasteiger partial charge on any atom is -0.426 e. The van der Waals surface area contributed by atoms with Gasteiger partial charge in [0.15, 0.2) is 0 Å². The highest BCUT2D eigenvalue weighted by Crippen LogP contribution is 2.59. The van der Waals surface area contributed by atoms with E-state index in [1.165, 1.54) is 11.1 Å². The number of rotatable bonds is 4. The second-order valence-electron chi connectivity index (χ2n) is 9.87. The molecule has 5 heteroatoms. The van der Waals surface area contributed by atoms with Crippen LogP contribution in [-0.2, 0) is 20.7 Å². The number of aryl methyl sites for hydroxylation is 1. The predicted octanol–water partition coefficient (Wildman–Crippen LogP) is 3.74. The molecule has 0 bridgehead atoms. The number of carbonyl (C=O) groups excluding carboxylic acids is 2. The first-order chi connectivity index (χ1) is 14.5. The Balaban J connectivity index is 1.23. The molecule has 4 aliphatic rings. The van der Waals surface area contributed by atoms with Crippen LogP contribution in [0, 0.1) is 17.3 Å². The molecular formula is C25H33NO4. The van der Waals surface area contributed by atoms with Gasteiger partial charge in [0, 0.05) is 31.5 Å². The number of hydrogen-bond acceptors (Lipinski definition) is 5. The molecule has 1 heterocycles. The Morgan fingerprint density at radius 1 is 1.20 bits per heavy atom. The number of ether oxygens (including phenoxy) is 2. The minimum atomic E-state index is -0.159. The third kappa shape index (κ3) is 3.60. The molecule has 0 spiro atoms. The number of morpholine rings is 1. The van der Waals surface area contributed by atoms with Crippen molar-refractivity contribution in [2.75, 3.05) is 32.8 Å². The van der Waals surface area contributed by atoms with Gasteiger partial charge >= 0.3 is 5.97 Å². The highest BCUT2D eigenvalue weighted by atomic mass is 16.5. The Hall–Kier alpha value is -1.72. The number of benzene rings is 1. The molecule has 4 atom stereocenters. The molecule has 0 aromatic heterocycles. The summed E-state index contributed by atoms with van der Waals surface area (Å²) >= 11 is 0. The van der Waals surface area contributed by atoms with Crippen LogP contribution in [0.3, 0.4) is 0 Å². The summed E-state index contributed by atoms with van der Waals surface area (Å²) in [6, 6.07) is 6.25. The van der Waals surface area contributed by atoms with Crippen molar-refractivity contribution in [3.8, 4) is 5.75 Å². The van der Waals surface area contributed by atoms with Crippen molar-refractivity contribution in [1.29, 1.82) is 0 Å². The van der Waals surface area contributed by atoms with Crippen LogP contribution in [0.25, 0.3) is 0 Å². The van der Waals surface area contributed by atoms with Gasteiger partial charge in [-0.25, -0.2) is 0 Å². The number of Topliss-reactive ketones (excluding diaryl/α,β-unsaturated/α-hetero) is 1. The summed E-state index contributed by atoms with van der Waals surface area (Å²) in [7, 11) is 0. The minimum absolute atomic E-state index is 0.0748. The van der Waals surface area contributed by atoms with Crippen LogP contribution in [0.5, 0.6) is 5.75 Å². The maximum Gasteiger partial charge on any atom is 0.312 e. The van der Waals surface area contributed by atoms with Gasteiger partial charge in [-0.15, -0.1) is 0 Å². The van der Waals surface area contributed by atoms with Crippen LogP contribution < -0.4 is 4.74 Å². The van der Waals surface area contributed by atoms with Gasteiger partial charge in [0.25, 0.3) is 0 Å². The molecule has 5 nitrogen and oxygen atoms in total. The normalized spacial score (nSPS) is 33.5. The SMILES string of the molecule is C[C@]12CC[C@@H]3c4ccc(OC(=O)CCN5CCOCC5)cc4CC[C@H]3[C@H]1CCC2=O. The fourth-order valence-corrected chi connectivity index (χ4v) is 6.65. The van der Waals surface area contributed by atoms with Crippen LogP contribution in [0.15, 0.2) is 18.2 Å². The van der Waals surface area contributed by atoms with Crippen molar-refractivity contribution < 1.29 is 19.1 Å². The zero-order valence-corrected chi connectivity index (χ0v) is 18.0. The van der Waals surface area contributed by atoms with Gasteiger partial charge in [-0.3, -0.25) is 14.5 Å². The van der Waals surface area contributed by atoms with Crippen molar-refractivity contribution in [3.63, 3.8) is 0 Å². The van der Waals surface area contributed by atoms with Crippen molar-refractivity contribution >= 4 is 11.8 Å². The lowest BCUT2D eigenvalue weighted by Gasteiger charge is -2.48. The zero-order chi connectivity index (χ0) is 20.7. The van der Waals surface area contributed by atoms with Gasteiger partial charge in [-0.05, 0) is 73.1 Å². The summed E-state index contributed by atoms with van der Waals surface area (Å²) < 4.78 is 11.0. The monoisotopic (exact) mass is 411 g/mol. The molecule has 1 aromatic carbocycles. The van der Waals surface area contributed by atoms with Crippen LogP contribution in [0.1, 0.15) is 62.5 Å². The van der Waals surface area contributed by atoms with Crippen molar-refractivity contribution in [3.05, 3.63) is 29.3 Å². The molecule has 2 saturated carbocycles. The zero-order valence-electron chi connectivity index (χ0n) is 18.0. The van der Waals surface area contributed by atoms with Crippen molar-refractivity contribution in [2.45, 2.75) is 57.8 Å². The average Bonchev–Trinajstić information content (AvgIpc) is 3.07. The molecular weight excluding hydrogens is 378 g/mol. The predicted molar refractivity (Wildman–Crippen MR) is 114 cm³/mol. The molecule has 1 aliphatic heterocycles. The fourth-order valence-electron chi connectivity index (χ4n) is 6.65. The molecule has 0 amide bonds. The van der Waals surface area contributed by atoms with E-state index in [0.29, 0.717) is 35.7 Å². The Bertz CT molecular complexity index is 830. The van der Waals surface area contributed by atoms with E-state index in [2.05, 4.69) is 24.0 Å². The van der Waals surface area contributed by atoms with Crippen molar-refractivity contribution in [1.82, 2.24) is 4.90 Å². The Morgan fingerprint density at radius 3 is 2.87 bits per heavy atom. The quantitative estimate of drug-likeness (QED) is 0.558. The summed E-state index contributed by atoms with van der Waals surface area (Å²) in [5.74, 6) is 2.75. The Kier molecular flexibility index (Phi) is 5.44. The number of fused-ring (bicyclic) bond motifs is 5. The smallest absolute Gasteiger partial charge is 0.312 e. The molecule has 0 N–H and O–H groups in total. The Morgan fingerprint density at radius 2 is 2.03 bits per heavy atom. The standard InChI is InChI=1S/C25H33NO4/c1-25-10-8-20-19-5-3-18(30-24(28)9-11-26-12-14-29-15-13-26)16-17(19)2-4-21(20)22(25)6-7-23(25)27/h3,5,16,20-22H,2,4,6-15H2,1H3/t20-,21-,22-,25+/m1/s1. The molecule has 1 aromatic rings. The van der Waals surface area contributed by atoms with E-state index < -0.39 is 0 Å². The van der Waals surface area contributed by atoms with E-state index >= 15 is 0 Å². The summed E-state index contributed by atoms with van der Waals surface area (Å²) in [5.41, 5.74) is 2.69. The lowest BCUT2D eigenvalue weighted by atomic mass is 9.55. The number of nitrogens with zero attached hydrogens (tertiary/aromatic N) is 1. The third-order valence-corrected chi connectivity index (χ3v) is 8.37. The van der Waals surface area contributed by atoms with E-state index in [1.54, 1.807) is 0 Å². The Labute approximate surface area is 179 Å². The van der Waals surface area contributed by atoms with E-state index in [0.717, 1.165) is 71.4 Å². The van der Waals surface area contributed by atoms with E-state index in [4.69, 9.17) is 9.47 Å². The van der Waals surface area contributed by atoms with E-state index in [-0.39, 0.29) is 11.4 Å². The number of hydrogen-bond donors (Lipinski definition) is 0. The molecule has 5 rings (SSSR count). The number of carbonyl (C=O) groups is 2. The van der Waals surface area contributed by atoms with Crippen LogP contribution in [0.4, 0.5) is 0 Å². The van der Waals surface area contributed by atoms with Crippen LogP contribution >= 0.6 is 0 Å². The molecule has 0 unspecified atom stereocenters. The van der Waals surface area contributed by atoms with E-state index in [9.17, 15) is 9.59 Å². The third-order valence-electron chi connectivity index (χ3n) is 8.37. The first-order valence-electron chi connectivity index (χ1n) is 11.7. The molecule has 0 radical (unpaired) electrons. The highest BCUT2D eigenvalue weighted by molar-refractivity contribution is 5.87. The highest BCUT2D eigenvalue weighted by Gasteiger charge is 2.54. The fraction of sp³-hybridized carbons (Fsp3) is 0.680. The summed E-state index contributed by atoms with van der Waals surface area (Å²) in [6.45, 7) is 6.22. The topological polar surface area (TPSA) is 55.8 Å². The molecule has 1 saturated heterocycles. The second kappa shape index (κ2) is 8.08. The first kappa shape index (κ1) is 20.2. The molecule has 3 aliphatic carbocycles. The molecule has 3 fully saturated rings. The van der Waals surface area contributed by atoms with E-state index in [1.807, 2.05) is 6.07 Å². The van der Waals surface area contributed by atoms with Crippen LogP contribution in [0.2, 0.25) is 0 Å². The van der Waals surface area contributed by atoms with Gasteiger partial charge < -0.3 is 9.47 Å². The molecule has 30 heavy (non-hydrogen) atoms. The average molecular weight is 412 g/mol. The van der Waals surface area contributed by atoms with Crippen LogP contribution in [-0.4, -0.2) is 49.5 Å². The van der Waals surface area contributed by atoms with Crippen molar-refractivity contribution in [2.24, 2.45) is 17.3 Å². The van der Waals surface area contributed by atoms with Gasteiger partial charge in [-0.2, -0.15) is 0 Å².